The molecule has 0 aliphatic heterocycles. The van der Waals surface area contributed by atoms with Gasteiger partial charge in [0.1, 0.15) is 12.7 Å². The molecule has 0 aromatic rings. The van der Waals surface area contributed by atoms with Crippen molar-refractivity contribution in [2.24, 2.45) is 11.8 Å². The predicted molar refractivity (Wildman–Crippen MR) is 374 cm³/mol. The molecule has 0 spiro atoms. The third kappa shape index (κ3) is 70.2. The van der Waals surface area contributed by atoms with Crippen molar-refractivity contribution in [2.45, 2.75) is 336 Å². The molecule has 520 valence electrons. The second kappa shape index (κ2) is 65.3. The number of rotatable bonds is 60. The third-order valence-electron chi connectivity index (χ3n) is 15.7. The van der Waals surface area contributed by atoms with Gasteiger partial charge in [-0.2, -0.15) is 0 Å². The number of hydrogen-bond acceptors (Lipinski definition) is 12. The summed E-state index contributed by atoms with van der Waals surface area (Å²) in [4.78, 5) is 65.6. The summed E-state index contributed by atoms with van der Waals surface area (Å²) in [5.74, 6) is 2.02. The lowest BCUT2D eigenvalue weighted by molar-refractivity contribution is -0.0980. The van der Waals surface area contributed by atoms with Crippen molar-refractivity contribution in [1.82, 2.24) is 21.3 Å². The van der Waals surface area contributed by atoms with Gasteiger partial charge in [0.25, 0.3) is 0 Å². The van der Waals surface area contributed by atoms with Crippen LogP contribution in [0.25, 0.3) is 0 Å². The van der Waals surface area contributed by atoms with Crippen molar-refractivity contribution < 1.29 is 55.9 Å². The molecule has 4 amide bonds. The zero-order valence-corrected chi connectivity index (χ0v) is 61.8. The summed E-state index contributed by atoms with van der Waals surface area (Å²) in [6.45, 7) is 30.6. The molecular formula is C69H140N4O12Si3. The summed E-state index contributed by atoms with van der Waals surface area (Å²) in [7, 11) is -6.60. The number of nitrogens with one attached hydrogen (secondary N) is 4. The van der Waals surface area contributed by atoms with E-state index >= 15 is 0 Å². The molecule has 0 saturated carbocycles. The molecule has 0 aromatic heterocycles. The Balaban J connectivity index is -0.0000140. The molecule has 0 bridgehead atoms. The maximum absolute atomic E-state index is 12.3. The van der Waals surface area contributed by atoms with Gasteiger partial charge in [-0.1, -0.05) is 233 Å². The fraction of sp³-hybridized carbons (Fsp3) is 0.899. The Morgan fingerprint density at radius 2 is 0.580 bits per heavy atom. The summed E-state index contributed by atoms with van der Waals surface area (Å²) in [5, 5.41) is 11.5. The van der Waals surface area contributed by atoms with Crippen LogP contribution in [-0.2, 0) is 36.8 Å². The lowest BCUT2D eigenvalue weighted by atomic mass is 10.0. The van der Waals surface area contributed by atoms with Crippen molar-refractivity contribution in [3.63, 3.8) is 0 Å². The fourth-order valence-corrected chi connectivity index (χ4v) is 24.9. The number of carbonyl (C=O) groups excluding carboxylic acids is 6. The molecule has 0 heterocycles. The Labute approximate surface area is 543 Å². The lowest BCUT2D eigenvalue weighted by Crippen LogP contribution is -2.52. The molecule has 0 fully saturated rings. The van der Waals surface area contributed by atoms with Crippen LogP contribution in [0.4, 0.5) is 19.2 Å². The van der Waals surface area contributed by atoms with Crippen molar-refractivity contribution in [1.29, 1.82) is 0 Å². The van der Waals surface area contributed by atoms with Crippen LogP contribution in [0.1, 0.15) is 285 Å². The Morgan fingerprint density at radius 3 is 0.830 bits per heavy atom. The number of ether oxygens (including phenoxy) is 4. The molecular weight excluding hydrogens is 1160 g/mol. The van der Waals surface area contributed by atoms with Crippen LogP contribution in [0.15, 0.2) is 6.58 Å². The van der Waals surface area contributed by atoms with Gasteiger partial charge in [-0.05, 0) is 121 Å². The minimum atomic E-state index is -2.43. The van der Waals surface area contributed by atoms with Gasteiger partial charge in [-0.3, -0.25) is 0 Å². The highest BCUT2D eigenvalue weighted by Crippen LogP contribution is 2.26. The quantitative estimate of drug-likeness (QED) is 0.0194. The highest BCUT2D eigenvalue weighted by molar-refractivity contribution is 6.87. The Bertz CT molecular complexity index is 1520. The average molecular weight is 1300 g/mol. The highest BCUT2D eigenvalue weighted by Gasteiger charge is 2.39. The maximum atomic E-state index is 12.3. The van der Waals surface area contributed by atoms with E-state index in [2.05, 4.69) is 94.8 Å². The van der Waals surface area contributed by atoms with E-state index in [0.717, 1.165) is 89.1 Å². The number of alkyl carbamates (subject to hydrolysis) is 4. The summed E-state index contributed by atoms with van der Waals surface area (Å²) in [6.07, 6.45) is 47.8. The van der Waals surface area contributed by atoms with E-state index in [1.165, 1.54) is 186 Å². The predicted octanol–water partition coefficient (Wildman–Crippen LogP) is 19.8. The van der Waals surface area contributed by atoms with Crippen LogP contribution in [0.2, 0.25) is 51.4 Å². The zero-order valence-electron chi connectivity index (χ0n) is 58.8. The lowest BCUT2D eigenvalue weighted by Gasteiger charge is -2.38. The first-order chi connectivity index (χ1) is 42.3. The second-order valence-electron chi connectivity index (χ2n) is 26.5. The third-order valence-corrected chi connectivity index (χ3v) is 27.2. The monoisotopic (exact) mass is 1300 g/mol. The van der Waals surface area contributed by atoms with Crippen LogP contribution in [0.3, 0.4) is 0 Å². The van der Waals surface area contributed by atoms with E-state index in [1.807, 2.05) is 6.79 Å². The summed E-state index contributed by atoms with van der Waals surface area (Å²) in [6, 6.07) is 1.72. The average Bonchev–Trinajstić information content (AvgIpc) is 3.47. The summed E-state index contributed by atoms with van der Waals surface area (Å²) < 4.78 is 35.4. The van der Waals surface area contributed by atoms with E-state index < -0.39 is 25.2 Å². The molecule has 0 radical (unpaired) electrons. The Hall–Kier alpha value is -3.23. The fourth-order valence-electron chi connectivity index (χ4n) is 10.9. The number of amides is 4. The first kappa shape index (κ1) is 89.0. The molecule has 0 aliphatic rings. The van der Waals surface area contributed by atoms with Crippen molar-refractivity contribution >= 4 is 62.3 Å². The molecule has 0 aromatic carbocycles. The molecule has 88 heavy (non-hydrogen) atoms. The topological polar surface area (TPSA) is 206 Å². The van der Waals surface area contributed by atoms with E-state index in [-0.39, 0.29) is 24.4 Å². The molecule has 19 heteroatoms. The van der Waals surface area contributed by atoms with Crippen LogP contribution in [0.5, 0.6) is 0 Å². The molecule has 0 rings (SSSR count). The van der Waals surface area contributed by atoms with Crippen molar-refractivity contribution in [2.75, 3.05) is 52.6 Å². The molecule has 0 saturated heterocycles. The van der Waals surface area contributed by atoms with Gasteiger partial charge in [-0.25, -0.2) is 24.0 Å². The first-order valence-electron chi connectivity index (χ1n) is 35.8. The van der Waals surface area contributed by atoms with Crippen LogP contribution in [-0.4, -0.2) is 115 Å². The maximum Gasteiger partial charge on any atom is 0.407 e. The van der Waals surface area contributed by atoms with Crippen molar-refractivity contribution in [3.8, 4) is 0 Å². The van der Waals surface area contributed by atoms with Crippen LogP contribution < -0.4 is 21.3 Å². The van der Waals surface area contributed by atoms with E-state index in [0.29, 0.717) is 64.4 Å². The van der Waals surface area contributed by atoms with Crippen LogP contribution in [0, 0.1) is 11.8 Å². The van der Waals surface area contributed by atoms with Gasteiger partial charge < -0.3 is 53.2 Å². The van der Waals surface area contributed by atoms with E-state index in [4.69, 9.17) is 36.8 Å². The van der Waals surface area contributed by atoms with Gasteiger partial charge in [0.2, 0.25) is 0 Å². The highest BCUT2D eigenvalue weighted by atomic mass is 28.5. The molecule has 2 unspecified atom stereocenters. The van der Waals surface area contributed by atoms with E-state index in [9.17, 15) is 19.2 Å². The van der Waals surface area contributed by atoms with E-state index in [1.54, 1.807) is 0 Å². The SMILES string of the molecule is C=C=O.C=O.CCCCCCCCCCCCCCCCC(C)COC(=O)NCCCCCCNC(=O)OCCC[Si](C)(C)O[Si](C)(C)O[Si](C)(C)CCCOC(=O)NCCCCCCNC(=O)OCC(C)CCCCCCCCCCCCCCCC. The zero-order chi connectivity index (χ0) is 66.1. The molecule has 0 aliphatic carbocycles. The van der Waals surface area contributed by atoms with Gasteiger partial charge in [0, 0.05) is 26.2 Å². The second-order valence-corrected chi connectivity index (χ2v) is 38.9. The minimum Gasteiger partial charge on any atom is -0.450 e. The van der Waals surface area contributed by atoms with Gasteiger partial charge in [0.15, 0.2) is 16.6 Å². The van der Waals surface area contributed by atoms with Gasteiger partial charge in [0.05, 0.1) is 26.4 Å². The largest absolute Gasteiger partial charge is 0.450 e. The Morgan fingerprint density at radius 1 is 0.364 bits per heavy atom. The molecule has 4 N–H and O–H groups in total. The summed E-state index contributed by atoms with van der Waals surface area (Å²) >= 11 is 0. The smallest absolute Gasteiger partial charge is 0.407 e. The normalized spacial score (nSPS) is 12.1. The molecule has 16 nitrogen and oxygen atoms in total. The van der Waals surface area contributed by atoms with Crippen LogP contribution >= 0.6 is 0 Å². The standard InChI is InChI=1S/C66H136N4O10Si3.C2H2O.CH2O/c1-11-13-15-17-19-21-23-25-27-29-31-33-35-41-49-61(3)59-77-65(73)69-53-45-39-37-43-51-67-63(71)75-55-47-57-81(5,6)79-83(9,10)80-82(7,8)58-48-56-76-64(72)68-52-44-38-40-46-54-70-66(74)78-60-62(4)50-42-36-34-32-30-28-26-24-22-20-18-16-14-12-2;1-2-3;1-2/h61-62H,11-60H2,1-10H3,(H,67,71)(H,68,72)(H,69,73)(H,70,74);1H2;1H2. The molecule has 2 atom stereocenters. The first-order valence-corrected chi connectivity index (χ1v) is 44.8. The van der Waals surface area contributed by atoms with Crippen molar-refractivity contribution in [3.05, 3.63) is 6.58 Å². The number of hydrogen-bond donors (Lipinski definition) is 4. The van der Waals surface area contributed by atoms with Gasteiger partial charge >= 0.3 is 32.9 Å². The number of unbranched alkanes of at least 4 members (excludes halogenated alkanes) is 32. The Kier molecular flexibility index (Phi) is 66.0. The number of carbonyl (C=O) groups is 5. The van der Waals surface area contributed by atoms with Gasteiger partial charge in [-0.15, -0.1) is 0 Å². The summed E-state index contributed by atoms with van der Waals surface area (Å²) in [5.41, 5.74) is 0. The minimum absolute atomic E-state index is 0.325.